The molecule has 26 heavy (non-hydrogen) atoms. The summed E-state index contributed by atoms with van der Waals surface area (Å²) in [5, 5.41) is 12.4. The highest BCUT2D eigenvalue weighted by molar-refractivity contribution is 7.09. The van der Waals surface area contributed by atoms with E-state index in [9.17, 15) is 9.90 Å². The zero-order valence-corrected chi connectivity index (χ0v) is 15.1. The van der Waals surface area contributed by atoms with Gasteiger partial charge in [0.2, 0.25) is 0 Å². The summed E-state index contributed by atoms with van der Waals surface area (Å²) >= 11 is 1.69. The number of aliphatic hydroxyl groups is 1. The van der Waals surface area contributed by atoms with Crippen LogP contribution in [-0.4, -0.2) is 35.5 Å². The van der Waals surface area contributed by atoms with Gasteiger partial charge in [0.15, 0.2) is 0 Å². The molecule has 2 heterocycles. The number of aldehydes is 1. The van der Waals surface area contributed by atoms with Crippen molar-refractivity contribution in [1.82, 2.24) is 4.90 Å². The van der Waals surface area contributed by atoms with Gasteiger partial charge in [-0.15, -0.1) is 11.3 Å². The van der Waals surface area contributed by atoms with Crippen LogP contribution in [0.5, 0.6) is 5.75 Å². The number of hydrogen-bond acceptors (Lipinski definition) is 6. The Bertz CT molecular complexity index is 750. The number of furan rings is 1. The molecule has 0 aliphatic carbocycles. The monoisotopic (exact) mass is 371 g/mol. The third-order valence-corrected chi connectivity index (χ3v) is 4.69. The van der Waals surface area contributed by atoms with Crippen LogP contribution in [-0.2, 0) is 13.1 Å². The topological polar surface area (TPSA) is 62.9 Å². The number of carbonyl (C=O) groups is 1. The molecule has 5 nitrogen and oxygen atoms in total. The van der Waals surface area contributed by atoms with Gasteiger partial charge in [0.05, 0.1) is 12.8 Å². The Labute approximate surface area is 156 Å². The zero-order chi connectivity index (χ0) is 18.2. The molecule has 0 amide bonds. The summed E-state index contributed by atoms with van der Waals surface area (Å²) in [5.41, 5.74) is 0.550. The van der Waals surface area contributed by atoms with Gasteiger partial charge in [-0.25, -0.2) is 0 Å². The smallest absolute Gasteiger partial charge is 0.150 e. The van der Waals surface area contributed by atoms with Crippen LogP contribution in [0.15, 0.2) is 64.6 Å². The minimum Gasteiger partial charge on any atom is -0.491 e. The molecule has 0 saturated heterocycles. The lowest BCUT2D eigenvalue weighted by Gasteiger charge is -2.24. The Kier molecular flexibility index (Phi) is 6.60. The molecule has 0 bridgehead atoms. The summed E-state index contributed by atoms with van der Waals surface area (Å²) in [7, 11) is 0. The maximum absolute atomic E-state index is 10.8. The lowest BCUT2D eigenvalue weighted by atomic mass is 10.2. The summed E-state index contributed by atoms with van der Waals surface area (Å²) in [5.74, 6) is 1.43. The molecule has 0 fully saturated rings. The fourth-order valence-electron chi connectivity index (χ4n) is 2.65. The molecular formula is C20H21NO4S. The van der Waals surface area contributed by atoms with Crippen LogP contribution in [0.2, 0.25) is 0 Å². The van der Waals surface area contributed by atoms with Gasteiger partial charge >= 0.3 is 0 Å². The first-order valence-electron chi connectivity index (χ1n) is 8.36. The molecule has 136 valence electrons. The molecule has 0 spiro atoms. The standard InChI is InChI=1S/C20H21NO4S/c22-14-16-4-1-5-18(10-16)25-15-17(23)11-21(12-19-6-2-8-24-19)13-20-7-3-9-26-20/h1-10,14,17,23H,11-13,15H2. The molecule has 0 aliphatic heterocycles. The van der Waals surface area contributed by atoms with Crippen LogP contribution in [0.4, 0.5) is 0 Å². The second-order valence-corrected chi connectivity index (χ2v) is 7.02. The Morgan fingerprint density at radius 1 is 1.19 bits per heavy atom. The highest BCUT2D eigenvalue weighted by atomic mass is 32.1. The van der Waals surface area contributed by atoms with Gasteiger partial charge in [0, 0.05) is 23.5 Å². The minimum atomic E-state index is -0.662. The molecular weight excluding hydrogens is 350 g/mol. The van der Waals surface area contributed by atoms with Crippen molar-refractivity contribution in [2.24, 2.45) is 0 Å². The maximum atomic E-state index is 10.8. The summed E-state index contributed by atoms with van der Waals surface area (Å²) in [6, 6.07) is 14.8. The number of benzene rings is 1. The fourth-order valence-corrected chi connectivity index (χ4v) is 3.40. The first kappa shape index (κ1) is 18.4. The van der Waals surface area contributed by atoms with Crippen molar-refractivity contribution >= 4 is 17.6 Å². The Balaban J connectivity index is 1.56. The van der Waals surface area contributed by atoms with E-state index in [4.69, 9.17) is 9.15 Å². The van der Waals surface area contributed by atoms with Gasteiger partial charge in [-0.05, 0) is 35.7 Å². The number of carbonyl (C=O) groups excluding carboxylic acids is 1. The second-order valence-electron chi connectivity index (χ2n) is 5.98. The van der Waals surface area contributed by atoms with Gasteiger partial charge < -0.3 is 14.3 Å². The normalized spacial score (nSPS) is 12.2. The third kappa shape index (κ3) is 5.56. The van der Waals surface area contributed by atoms with Crippen LogP contribution in [0.1, 0.15) is 21.0 Å². The average Bonchev–Trinajstić information content (AvgIpc) is 3.34. The summed E-state index contributed by atoms with van der Waals surface area (Å²) < 4.78 is 11.1. The van der Waals surface area contributed by atoms with E-state index >= 15 is 0 Å². The minimum absolute atomic E-state index is 0.154. The van der Waals surface area contributed by atoms with Gasteiger partial charge in [-0.1, -0.05) is 18.2 Å². The van der Waals surface area contributed by atoms with E-state index < -0.39 is 6.10 Å². The van der Waals surface area contributed by atoms with Crippen LogP contribution >= 0.6 is 11.3 Å². The quantitative estimate of drug-likeness (QED) is 0.552. The van der Waals surface area contributed by atoms with E-state index in [1.165, 1.54) is 4.88 Å². The van der Waals surface area contributed by atoms with E-state index in [-0.39, 0.29) is 6.61 Å². The third-order valence-electron chi connectivity index (χ3n) is 3.82. The van der Waals surface area contributed by atoms with Crippen LogP contribution in [0, 0.1) is 0 Å². The van der Waals surface area contributed by atoms with E-state index in [0.717, 1.165) is 18.6 Å². The fraction of sp³-hybridized carbons (Fsp3) is 0.250. The maximum Gasteiger partial charge on any atom is 0.150 e. The average molecular weight is 371 g/mol. The van der Waals surface area contributed by atoms with Crippen molar-refractivity contribution in [2.75, 3.05) is 13.2 Å². The summed E-state index contributed by atoms with van der Waals surface area (Å²) in [6.45, 7) is 1.95. The largest absolute Gasteiger partial charge is 0.491 e. The number of aliphatic hydroxyl groups excluding tert-OH is 1. The molecule has 0 saturated carbocycles. The highest BCUT2D eigenvalue weighted by Gasteiger charge is 2.15. The molecule has 1 atom stereocenters. The van der Waals surface area contributed by atoms with Crippen molar-refractivity contribution in [1.29, 1.82) is 0 Å². The molecule has 0 radical (unpaired) electrons. The lowest BCUT2D eigenvalue weighted by molar-refractivity contribution is 0.0608. The molecule has 1 aromatic carbocycles. The van der Waals surface area contributed by atoms with E-state index in [1.807, 2.05) is 23.6 Å². The van der Waals surface area contributed by atoms with Crippen molar-refractivity contribution in [3.05, 3.63) is 76.4 Å². The van der Waals surface area contributed by atoms with E-state index in [1.54, 1.807) is 41.9 Å². The van der Waals surface area contributed by atoms with Crippen molar-refractivity contribution < 1.29 is 19.1 Å². The van der Waals surface area contributed by atoms with Crippen molar-refractivity contribution in [2.45, 2.75) is 19.2 Å². The van der Waals surface area contributed by atoms with Crippen molar-refractivity contribution in [3.8, 4) is 5.75 Å². The number of rotatable bonds is 10. The first-order chi connectivity index (χ1) is 12.7. The van der Waals surface area contributed by atoms with Gasteiger partial charge in [-0.2, -0.15) is 0 Å². The predicted molar refractivity (Wildman–Crippen MR) is 100 cm³/mol. The van der Waals surface area contributed by atoms with Crippen molar-refractivity contribution in [3.63, 3.8) is 0 Å². The second kappa shape index (κ2) is 9.33. The summed E-state index contributed by atoms with van der Waals surface area (Å²) in [6.07, 6.45) is 1.76. The van der Waals surface area contributed by atoms with E-state index in [2.05, 4.69) is 11.0 Å². The molecule has 6 heteroatoms. The van der Waals surface area contributed by atoms with Gasteiger partial charge in [0.1, 0.15) is 30.5 Å². The molecule has 2 aromatic heterocycles. The lowest BCUT2D eigenvalue weighted by Crippen LogP contribution is -2.34. The van der Waals surface area contributed by atoms with Crippen LogP contribution in [0.3, 0.4) is 0 Å². The Morgan fingerprint density at radius 3 is 2.85 bits per heavy atom. The molecule has 3 rings (SSSR count). The first-order valence-corrected chi connectivity index (χ1v) is 9.24. The van der Waals surface area contributed by atoms with Gasteiger partial charge in [0.25, 0.3) is 0 Å². The molecule has 1 N–H and O–H groups in total. The molecule has 0 aliphatic rings. The Hall–Kier alpha value is -2.41. The Morgan fingerprint density at radius 2 is 2.12 bits per heavy atom. The predicted octanol–water partition coefficient (Wildman–Crippen LogP) is 3.60. The molecule has 3 aromatic rings. The number of nitrogens with zero attached hydrogens (tertiary/aromatic N) is 1. The van der Waals surface area contributed by atoms with E-state index in [0.29, 0.717) is 24.4 Å². The van der Waals surface area contributed by atoms with Crippen LogP contribution < -0.4 is 4.74 Å². The zero-order valence-electron chi connectivity index (χ0n) is 14.3. The number of hydrogen-bond donors (Lipinski definition) is 1. The SMILES string of the molecule is O=Cc1cccc(OCC(O)CN(Cc2ccco2)Cc2cccs2)c1. The number of thiophene rings is 1. The molecule has 1 unspecified atom stereocenters. The number of ether oxygens (including phenoxy) is 1. The van der Waals surface area contributed by atoms with Crippen LogP contribution in [0.25, 0.3) is 0 Å². The summed E-state index contributed by atoms with van der Waals surface area (Å²) in [4.78, 5) is 14.2. The highest BCUT2D eigenvalue weighted by Crippen LogP contribution is 2.16. The van der Waals surface area contributed by atoms with Gasteiger partial charge in [-0.3, -0.25) is 9.69 Å².